The van der Waals surface area contributed by atoms with Gasteiger partial charge in [-0.3, -0.25) is 4.79 Å². The summed E-state index contributed by atoms with van der Waals surface area (Å²) in [6.45, 7) is 2.31. The third-order valence-electron chi connectivity index (χ3n) is 1.75. The predicted molar refractivity (Wildman–Crippen MR) is 51.0 cm³/mol. The van der Waals surface area contributed by atoms with E-state index >= 15 is 0 Å². The summed E-state index contributed by atoms with van der Waals surface area (Å²) in [5.41, 5.74) is 0. The molecule has 0 aromatic carbocycles. The number of hydrogen-bond donors (Lipinski definition) is 0. The van der Waals surface area contributed by atoms with Gasteiger partial charge in [0.05, 0.1) is 13.0 Å². The minimum absolute atomic E-state index is 0.0739. The van der Waals surface area contributed by atoms with Gasteiger partial charge in [0, 0.05) is 13.0 Å². The number of halogens is 3. The lowest BCUT2D eigenvalue weighted by Gasteiger charge is -2.19. The molecule has 0 saturated carbocycles. The number of carbonyl (C=O) groups is 1. The van der Waals surface area contributed by atoms with Crippen LogP contribution in [-0.4, -0.2) is 30.1 Å². The van der Waals surface area contributed by atoms with Crippen LogP contribution in [0, 0.1) is 12.3 Å². The lowest BCUT2D eigenvalue weighted by molar-refractivity contribution is -0.148. The van der Waals surface area contributed by atoms with Crippen molar-refractivity contribution in [1.29, 1.82) is 0 Å². The van der Waals surface area contributed by atoms with E-state index in [0.29, 0.717) is 13.0 Å². The molecule has 0 spiro atoms. The van der Waals surface area contributed by atoms with Gasteiger partial charge in [-0.05, 0) is 6.42 Å². The van der Waals surface area contributed by atoms with Crippen molar-refractivity contribution < 1.29 is 18.0 Å². The zero-order chi connectivity index (χ0) is 11.9. The second kappa shape index (κ2) is 6.33. The van der Waals surface area contributed by atoms with Crippen LogP contribution in [0.3, 0.4) is 0 Å². The molecule has 0 atom stereocenters. The highest BCUT2D eigenvalue weighted by Gasteiger charge is 2.28. The average Bonchev–Trinajstić information content (AvgIpc) is 2.13. The molecule has 0 fully saturated rings. The Morgan fingerprint density at radius 2 is 2.07 bits per heavy atom. The molecule has 1 amide bonds. The fraction of sp³-hybridized carbons (Fsp3) is 0.700. The number of nitrogens with zero attached hydrogens (tertiary/aromatic N) is 1. The molecule has 0 radical (unpaired) electrons. The number of hydrogen-bond acceptors (Lipinski definition) is 1. The highest BCUT2D eigenvalue weighted by atomic mass is 19.4. The van der Waals surface area contributed by atoms with Crippen LogP contribution in [-0.2, 0) is 4.79 Å². The topological polar surface area (TPSA) is 20.3 Å². The standard InChI is InChI=1S/C10H14F3NO/c1-3-7-14(8-4-2)9(15)5-6-10(11,12)13/h1H,4-8H2,2H3. The van der Waals surface area contributed by atoms with Crippen molar-refractivity contribution in [1.82, 2.24) is 4.90 Å². The first-order valence-corrected chi connectivity index (χ1v) is 4.68. The van der Waals surface area contributed by atoms with Crippen LogP contribution in [0.4, 0.5) is 13.2 Å². The highest BCUT2D eigenvalue weighted by molar-refractivity contribution is 5.76. The van der Waals surface area contributed by atoms with Crippen LogP contribution in [0.1, 0.15) is 26.2 Å². The third kappa shape index (κ3) is 6.83. The molecule has 0 rings (SSSR count). The molecule has 0 bridgehead atoms. The van der Waals surface area contributed by atoms with Gasteiger partial charge in [0.2, 0.25) is 5.91 Å². The molecular weight excluding hydrogens is 207 g/mol. The zero-order valence-corrected chi connectivity index (χ0v) is 8.60. The minimum Gasteiger partial charge on any atom is -0.332 e. The molecule has 0 aliphatic heterocycles. The van der Waals surface area contributed by atoms with Crippen molar-refractivity contribution in [2.45, 2.75) is 32.4 Å². The van der Waals surface area contributed by atoms with Crippen molar-refractivity contribution in [3.8, 4) is 12.3 Å². The Balaban J connectivity index is 4.09. The van der Waals surface area contributed by atoms with E-state index in [2.05, 4.69) is 5.92 Å². The molecule has 0 unspecified atom stereocenters. The van der Waals surface area contributed by atoms with E-state index in [4.69, 9.17) is 6.42 Å². The Morgan fingerprint density at radius 1 is 1.47 bits per heavy atom. The summed E-state index contributed by atoms with van der Waals surface area (Å²) in [6.07, 6.45) is -0.204. The summed E-state index contributed by atoms with van der Waals surface area (Å²) in [7, 11) is 0. The maximum Gasteiger partial charge on any atom is 0.389 e. The van der Waals surface area contributed by atoms with Gasteiger partial charge in [-0.2, -0.15) is 13.2 Å². The van der Waals surface area contributed by atoms with Crippen molar-refractivity contribution in [2.24, 2.45) is 0 Å². The van der Waals surface area contributed by atoms with Gasteiger partial charge in [-0.1, -0.05) is 12.8 Å². The maximum absolute atomic E-state index is 11.8. The Kier molecular flexibility index (Phi) is 5.83. The molecule has 0 aromatic rings. The summed E-state index contributed by atoms with van der Waals surface area (Å²) in [6, 6.07) is 0. The molecule has 5 heteroatoms. The van der Waals surface area contributed by atoms with E-state index in [1.165, 1.54) is 4.90 Å². The molecule has 0 saturated heterocycles. The van der Waals surface area contributed by atoms with Crippen molar-refractivity contribution in [3.05, 3.63) is 0 Å². The second-order valence-electron chi connectivity index (χ2n) is 3.13. The van der Waals surface area contributed by atoms with E-state index in [1.54, 1.807) is 0 Å². The lowest BCUT2D eigenvalue weighted by atomic mass is 10.2. The van der Waals surface area contributed by atoms with Crippen LogP contribution in [0.2, 0.25) is 0 Å². The lowest BCUT2D eigenvalue weighted by Crippen LogP contribution is -2.32. The summed E-state index contributed by atoms with van der Waals surface area (Å²) >= 11 is 0. The van der Waals surface area contributed by atoms with Crippen LogP contribution < -0.4 is 0 Å². The Bertz CT molecular complexity index is 242. The Morgan fingerprint density at radius 3 is 2.47 bits per heavy atom. The highest BCUT2D eigenvalue weighted by Crippen LogP contribution is 2.21. The number of carbonyl (C=O) groups excluding carboxylic acids is 1. The van der Waals surface area contributed by atoms with Crippen molar-refractivity contribution in [3.63, 3.8) is 0 Å². The summed E-state index contributed by atoms with van der Waals surface area (Å²) in [5, 5.41) is 0. The third-order valence-corrected chi connectivity index (χ3v) is 1.75. The number of terminal acetylenes is 1. The fourth-order valence-corrected chi connectivity index (χ4v) is 1.08. The SMILES string of the molecule is C#CCN(CCC)C(=O)CCC(F)(F)F. The molecule has 86 valence electrons. The minimum atomic E-state index is -4.29. The normalized spacial score (nSPS) is 10.9. The van der Waals surface area contributed by atoms with Gasteiger partial charge in [0.25, 0.3) is 0 Å². The molecular formula is C10H14F3NO. The number of rotatable bonds is 5. The molecule has 0 aromatic heterocycles. The first kappa shape index (κ1) is 13.8. The van der Waals surface area contributed by atoms with Crippen LogP contribution in [0.25, 0.3) is 0 Å². The van der Waals surface area contributed by atoms with Crippen molar-refractivity contribution in [2.75, 3.05) is 13.1 Å². The first-order valence-electron chi connectivity index (χ1n) is 4.68. The first-order chi connectivity index (χ1) is 6.90. The molecule has 0 heterocycles. The van der Waals surface area contributed by atoms with E-state index in [0.717, 1.165) is 0 Å². The average molecular weight is 221 g/mol. The molecule has 15 heavy (non-hydrogen) atoms. The van der Waals surface area contributed by atoms with Gasteiger partial charge in [-0.25, -0.2) is 0 Å². The molecule has 0 N–H and O–H groups in total. The van der Waals surface area contributed by atoms with Gasteiger partial charge < -0.3 is 4.90 Å². The van der Waals surface area contributed by atoms with Gasteiger partial charge >= 0.3 is 6.18 Å². The van der Waals surface area contributed by atoms with E-state index in [-0.39, 0.29) is 6.54 Å². The Labute approximate surface area is 87.4 Å². The van der Waals surface area contributed by atoms with Crippen LogP contribution in [0.5, 0.6) is 0 Å². The Hall–Kier alpha value is -1.18. The van der Waals surface area contributed by atoms with Crippen molar-refractivity contribution >= 4 is 5.91 Å². The van der Waals surface area contributed by atoms with E-state index in [1.807, 2.05) is 6.92 Å². The number of amides is 1. The van der Waals surface area contributed by atoms with Gasteiger partial charge in [0.1, 0.15) is 0 Å². The predicted octanol–water partition coefficient (Wildman–Crippen LogP) is 2.20. The van der Waals surface area contributed by atoms with Gasteiger partial charge in [0.15, 0.2) is 0 Å². The van der Waals surface area contributed by atoms with Crippen LogP contribution in [0.15, 0.2) is 0 Å². The molecule has 0 aliphatic rings. The maximum atomic E-state index is 11.8. The monoisotopic (exact) mass is 221 g/mol. The fourth-order valence-electron chi connectivity index (χ4n) is 1.08. The molecule has 2 nitrogen and oxygen atoms in total. The van der Waals surface area contributed by atoms with E-state index < -0.39 is 24.9 Å². The van der Waals surface area contributed by atoms with Crippen LogP contribution >= 0.6 is 0 Å². The smallest absolute Gasteiger partial charge is 0.332 e. The quantitative estimate of drug-likeness (QED) is 0.652. The molecule has 0 aliphatic carbocycles. The summed E-state index contributed by atoms with van der Waals surface area (Å²) in [4.78, 5) is 12.6. The zero-order valence-electron chi connectivity index (χ0n) is 8.60. The largest absolute Gasteiger partial charge is 0.389 e. The summed E-state index contributed by atoms with van der Waals surface area (Å²) < 4.78 is 35.5. The van der Waals surface area contributed by atoms with Gasteiger partial charge in [-0.15, -0.1) is 6.42 Å². The number of alkyl halides is 3. The van der Waals surface area contributed by atoms with E-state index in [9.17, 15) is 18.0 Å². The summed E-state index contributed by atoms with van der Waals surface area (Å²) in [5.74, 6) is 1.72. The second-order valence-corrected chi connectivity index (χ2v) is 3.13.